The number of hydrogen-bond acceptors (Lipinski definition) is 4. The van der Waals surface area contributed by atoms with Crippen molar-refractivity contribution in [2.45, 2.75) is 12.8 Å². The van der Waals surface area contributed by atoms with Gasteiger partial charge in [-0.25, -0.2) is 0 Å². The molecular formula is C23H20O4. The van der Waals surface area contributed by atoms with E-state index in [1.165, 1.54) is 0 Å². The first-order chi connectivity index (χ1) is 13.3. The number of ether oxygens (including phenoxy) is 2. The molecule has 2 unspecified atom stereocenters. The van der Waals surface area contributed by atoms with Crippen LogP contribution in [0, 0.1) is 11.8 Å². The Morgan fingerprint density at radius 2 is 1.93 bits per heavy atom. The Balaban J connectivity index is 1.68. The van der Waals surface area contributed by atoms with Crippen molar-refractivity contribution in [3.8, 4) is 11.1 Å². The summed E-state index contributed by atoms with van der Waals surface area (Å²) in [6, 6.07) is 9.60. The highest BCUT2D eigenvalue weighted by molar-refractivity contribution is 5.78. The highest BCUT2D eigenvalue weighted by Crippen LogP contribution is 2.53. The highest BCUT2D eigenvalue weighted by atomic mass is 16.6. The van der Waals surface area contributed by atoms with Gasteiger partial charge >= 0.3 is 0 Å². The Bertz CT molecular complexity index is 1030. The van der Waals surface area contributed by atoms with Crippen molar-refractivity contribution in [2.24, 2.45) is 11.8 Å². The minimum absolute atomic E-state index is 0.0278. The van der Waals surface area contributed by atoms with Gasteiger partial charge in [0, 0.05) is 6.42 Å². The highest BCUT2D eigenvalue weighted by Gasteiger charge is 2.44. The third kappa shape index (κ3) is 2.72. The molecule has 2 aliphatic carbocycles. The second kappa shape index (κ2) is 6.31. The molecule has 1 aliphatic heterocycles. The summed E-state index contributed by atoms with van der Waals surface area (Å²) in [6.07, 6.45) is 7.09. The van der Waals surface area contributed by atoms with Crippen LogP contribution in [-0.2, 0) is 9.47 Å². The summed E-state index contributed by atoms with van der Waals surface area (Å²) in [5.41, 5.74) is 2.97. The molecule has 5 rings (SSSR count). The SMILES string of the molecule is C=Cc1occ(C2=CC3=C(CC4CC24)OCCO3)c(=O)c1-c1ccccc1. The minimum Gasteiger partial charge on any atom is -0.491 e. The van der Waals surface area contributed by atoms with Crippen molar-refractivity contribution in [3.63, 3.8) is 0 Å². The standard InChI is InChI=1S/C23H20O4/c1-2-19-22(14-6-4-3-5-7-14)23(24)18(13-27-19)17-12-21-20(25-8-9-26-21)11-15-10-16(15)17/h2-7,12-13,15-16H,1,8-11H2. The molecule has 0 spiro atoms. The summed E-state index contributed by atoms with van der Waals surface area (Å²) in [6.45, 7) is 4.93. The molecule has 1 aromatic heterocycles. The lowest BCUT2D eigenvalue weighted by Gasteiger charge is -2.20. The summed E-state index contributed by atoms with van der Waals surface area (Å²) in [5.74, 6) is 3.03. The molecule has 2 aromatic rings. The Morgan fingerprint density at radius 1 is 1.11 bits per heavy atom. The van der Waals surface area contributed by atoms with Gasteiger partial charge in [-0.1, -0.05) is 36.9 Å². The van der Waals surface area contributed by atoms with Crippen LogP contribution >= 0.6 is 0 Å². The molecule has 1 saturated carbocycles. The maximum Gasteiger partial charge on any atom is 0.200 e. The van der Waals surface area contributed by atoms with Gasteiger partial charge in [0.05, 0.1) is 11.1 Å². The summed E-state index contributed by atoms with van der Waals surface area (Å²) < 4.78 is 17.4. The molecule has 0 radical (unpaired) electrons. The number of benzene rings is 1. The third-order valence-corrected chi connectivity index (χ3v) is 5.53. The molecule has 4 nitrogen and oxygen atoms in total. The number of fused-ring (bicyclic) bond motifs is 1. The van der Waals surface area contributed by atoms with Crippen molar-refractivity contribution in [2.75, 3.05) is 13.2 Å². The van der Waals surface area contributed by atoms with E-state index in [2.05, 4.69) is 6.58 Å². The lowest BCUT2D eigenvalue weighted by atomic mass is 9.96. The average molecular weight is 360 g/mol. The van der Waals surface area contributed by atoms with Crippen LogP contribution in [0.25, 0.3) is 22.8 Å². The maximum absolute atomic E-state index is 13.4. The molecule has 0 amide bonds. The third-order valence-electron chi connectivity index (χ3n) is 5.53. The van der Waals surface area contributed by atoms with Crippen LogP contribution in [0.3, 0.4) is 0 Å². The van der Waals surface area contributed by atoms with Crippen molar-refractivity contribution in [1.82, 2.24) is 0 Å². The monoisotopic (exact) mass is 360 g/mol. The van der Waals surface area contributed by atoms with E-state index in [4.69, 9.17) is 13.9 Å². The largest absolute Gasteiger partial charge is 0.491 e. The summed E-state index contributed by atoms with van der Waals surface area (Å²) in [4.78, 5) is 13.4. The number of allylic oxidation sites excluding steroid dienone is 3. The van der Waals surface area contributed by atoms with Gasteiger partial charge in [-0.2, -0.15) is 0 Å². The lowest BCUT2D eigenvalue weighted by molar-refractivity contribution is 0.0638. The normalized spacial score (nSPS) is 23.2. The van der Waals surface area contributed by atoms with Gasteiger partial charge in [0.25, 0.3) is 0 Å². The lowest BCUT2D eigenvalue weighted by Crippen LogP contribution is -2.14. The quantitative estimate of drug-likeness (QED) is 0.801. The molecule has 27 heavy (non-hydrogen) atoms. The van der Waals surface area contributed by atoms with Crippen molar-refractivity contribution >= 4 is 11.6 Å². The van der Waals surface area contributed by atoms with Crippen LogP contribution in [0.5, 0.6) is 0 Å². The topological polar surface area (TPSA) is 48.7 Å². The van der Waals surface area contributed by atoms with Crippen molar-refractivity contribution < 1.29 is 13.9 Å². The smallest absolute Gasteiger partial charge is 0.200 e. The Morgan fingerprint density at radius 3 is 2.74 bits per heavy atom. The molecule has 0 N–H and O–H groups in total. The molecule has 1 fully saturated rings. The van der Waals surface area contributed by atoms with E-state index in [-0.39, 0.29) is 5.43 Å². The van der Waals surface area contributed by atoms with Gasteiger partial charge in [0.2, 0.25) is 5.43 Å². The van der Waals surface area contributed by atoms with Gasteiger partial charge < -0.3 is 13.9 Å². The minimum atomic E-state index is -0.0278. The van der Waals surface area contributed by atoms with Crippen LogP contribution in [0.15, 0.2) is 70.0 Å². The van der Waals surface area contributed by atoms with Gasteiger partial charge in [0.15, 0.2) is 5.76 Å². The Hall–Kier alpha value is -3.01. The van der Waals surface area contributed by atoms with Gasteiger partial charge in [0.1, 0.15) is 31.0 Å². The predicted molar refractivity (Wildman–Crippen MR) is 104 cm³/mol. The molecule has 136 valence electrons. The van der Waals surface area contributed by atoms with Crippen LogP contribution < -0.4 is 5.43 Å². The van der Waals surface area contributed by atoms with Crippen LogP contribution in [0.1, 0.15) is 24.2 Å². The van der Waals surface area contributed by atoms with E-state index in [0.717, 1.165) is 35.5 Å². The molecule has 1 aromatic carbocycles. The second-order valence-electron chi connectivity index (χ2n) is 7.18. The molecule has 0 bridgehead atoms. The molecule has 0 saturated heterocycles. The molecule has 3 aliphatic rings. The van der Waals surface area contributed by atoms with Gasteiger partial charge in [-0.05, 0) is 41.5 Å². The van der Waals surface area contributed by atoms with Gasteiger partial charge in [-0.3, -0.25) is 4.79 Å². The van der Waals surface area contributed by atoms with Crippen LogP contribution in [0.4, 0.5) is 0 Å². The molecule has 4 heteroatoms. The summed E-state index contributed by atoms with van der Waals surface area (Å²) in [5, 5.41) is 0. The van der Waals surface area contributed by atoms with Crippen LogP contribution in [0.2, 0.25) is 0 Å². The number of rotatable bonds is 3. The van der Waals surface area contributed by atoms with E-state index in [1.807, 2.05) is 36.4 Å². The molecular weight excluding hydrogens is 340 g/mol. The fourth-order valence-electron chi connectivity index (χ4n) is 4.08. The molecule has 2 atom stereocenters. The zero-order valence-corrected chi connectivity index (χ0v) is 14.9. The zero-order chi connectivity index (χ0) is 18.4. The van der Waals surface area contributed by atoms with E-state index < -0.39 is 0 Å². The predicted octanol–water partition coefficient (Wildman–Crippen LogP) is 4.63. The number of hydrogen-bond donors (Lipinski definition) is 0. The molecule has 2 heterocycles. The summed E-state index contributed by atoms with van der Waals surface area (Å²) in [7, 11) is 0. The van der Waals surface area contributed by atoms with Crippen LogP contribution in [-0.4, -0.2) is 13.2 Å². The first-order valence-corrected chi connectivity index (χ1v) is 9.30. The zero-order valence-electron chi connectivity index (χ0n) is 14.9. The maximum atomic E-state index is 13.4. The second-order valence-corrected chi connectivity index (χ2v) is 7.18. The van der Waals surface area contributed by atoms with Crippen molar-refractivity contribution in [3.05, 3.63) is 82.3 Å². The van der Waals surface area contributed by atoms with E-state index >= 15 is 0 Å². The first kappa shape index (κ1) is 16.2. The first-order valence-electron chi connectivity index (χ1n) is 9.30. The van der Waals surface area contributed by atoms with E-state index in [9.17, 15) is 4.79 Å². The Labute approximate surface area is 157 Å². The van der Waals surface area contributed by atoms with E-state index in [1.54, 1.807) is 12.3 Å². The fourth-order valence-corrected chi connectivity index (χ4v) is 4.08. The Kier molecular flexibility index (Phi) is 3.78. The van der Waals surface area contributed by atoms with E-state index in [0.29, 0.717) is 41.9 Å². The fraction of sp³-hybridized carbons (Fsp3) is 0.261. The average Bonchev–Trinajstić information content (AvgIpc) is 3.47. The van der Waals surface area contributed by atoms with Crippen molar-refractivity contribution in [1.29, 1.82) is 0 Å². The summed E-state index contributed by atoms with van der Waals surface area (Å²) >= 11 is 0. The van der Waals surface area contributed by atoms with Gasteiger partial charge in [-0.15, -0.1) is 0 Å².